The third-order valence-electron chi connectivity index (χ3n) is 9.40. The molecule has 0 aliphatic rings. The topological polar surface area (TPSA) is 52.5 Å². The highest BCUT2D eigenvalue weighted by molar-refractivity contribution is 7.19. The third-order valence-corrected chi connectivity index (χ3v) is 14.2. The van der Waals surface area contributed by atoms with Crippen LogP contribution in [0.15, 0.2) is 176 Å². The average molecular weight is 628 g/mol. The normalized spacial score (nSPS) is 11.3. The van der Waals surface area contributed by atoms with Crippen LogP contribution < -0.4 is 20.7 Å². The molecule has 0 aliphatic carbocycles. The van der Waals surface area contributed by atoms with Crippen molar-refractivity contribution in [1.29, 1.82) is 10.5 Å². The summed E-state index contributed by atoms with van der Waals surface area (Å²) >= 11 is 0. The molecule has 1 heterocycles. The average Bonchev–Trinajstić information content (AvgIpc) is 3.49. The van der Waals surface area contributed by atoms with Crippen LogP contribution >= 0.6 is 0 Å². The molecule has 224 valence electrons. The van der Waals surface area contributed by atoms with E-state index in [4.69, 9.17) is 0 Å². The van der Waals surface area contributed by atoms with Crippen molar-refractivity contribution in [2.75, 3.05) is 0 Å². The zero-order valence-electron chi connectivity index (χ0n) is 26.1. The summed E-state index contributed by atoms with van der Waals surface area (Å²) in [7, 11) is -2.61. The summed E-state index contributed by atoms with van der Waals surface area (Å²) in [5, 5.41) is 26.5. The van der Waals surface area contributed by atoms with Gasteiger partial charge in [0.25, 0.3) is 0 Å². The van der Waals surface area contributed by atoms with Crippen molar-refractivity contribution >= 4 is 50.6 Å². The zero-order valence-corrected chi connectivity index (χ0v) is 27.1. The maximum absolute atomic E-state index is 9.61. The Hall–Kier alpha value is -6.46. The quantitative estimate of drug-likeness (QED) is 0.141. The van der Waals surface area contributed by atoms with Gasteiger partial charge in [0, 0.05) is 16.5 Å². The van der Waals surface area contributed by atoms with Crippen LogP contribution in [0.5, 0.6) is 0 Å². The Morgan fingerprint density at radius 1 is 0.396 bits per heavy atom. The van der Waals surface area contributed by atoms with Crippen molar-refractivity contribution < 1.29 is 0 Å². The van der Waals surface area contributed by atoms with Gasteiger partial charge in [0.1, 0.15) is 0 Å². The predicted molar refractivity (Wildman–Crippen MR) is 199 cm³/mol. The van der Waals surface area contributed by atoms with E-state index in [1.807, 2.05) is 36.4 Å². The maximum Gasteiger partial charge on any atom is 0.179 e. The van der Waals surface area contributed by atoms with Gasteiger partial charge in [0.2, 0.25) is 0 Å². The van der Waals surface area contributed by atoms with E-state index in [1.54, 1.807) is 0 Å². The number of aromatic nitrogens is 1. The predicted octanol–water partition coefficient (Wildman–Crippen LogP) is 7.57. The Morgan fingerprint density at radius 2 is 0.854 bits per heavy atom. The van der Waals surface area contributed by atoms with Crippen molar-refractivity contribution in [2.45, 2.75) is 0 Å². The molecule has 7 aromatic carbocycles. The Labute approximate surface area is 280 Å². The van der Waals surface area contributed by atoms with E-state index >= 15 is 0 Å². The molecule has 0 spiro atoms. The van der Waals surface area contributed by atoms with Gasteiger partial charge in [-0.25, -0.2) is 0 Å². The summed E-state index contributed by atoms with van der Waals surface area (Å²) in [4.78, 5) is 0. The number of rotatable bonds is 6. The van der Waals surface area contributed by atoms with Gasteiger partial charge in [-0.2, -0.15) is 10.5 Å². The molecular weight excluding hydrogens is 599 g/mol. The van der Waals surface area contributed by atoms with E-state index < -0.39 is 8.07 Å². The second kappa shape index (κ2) is 12.0. The molecule has 0 atom stereocenters. The largest absolute Gasteiger partial charge is 0.309 e. The lowest BCUT2D eigenvalue weighted by Crippen LogP contribution is -2.74. The molecule has 1 aromatic heterocycles. The number of benzene rings is 7. The second-order valence-electron chi connectivity index (χ2n) is 12.0. The van der Waals surface area contributed by atoms with Crippen LogP contribution in [0, 0.1) is 22.7 Å². The molecular formula is C44H29N3Si. The Morgan fingerprint density at radius 3 is 1.31 bits per heavy atom. The number of nitrogens with zero attached hydrogens (tertiary/aromatic N) is 3. The minimum absolute atomic E-state index is 0.596. The molecule has 0 saturated heterocycles. The smallest absolute Gasteiger partial charge is 0.179 e. The lowest BCUT2D eigenvalue weighted by Gasteiger charge is -2.34. The zero-order chi connectivity index (χ0) is 32.5. The van der Waals surface area contributed by atoms with Crippen LogP contribution in [0.2, 0.25) is 0 Å². The molecule has 0 amide bonds. The van der Waals surface area contributed by atoms with Crippen molar-refractivity contribution in [3.05, 3.63) is 187 Å². The molecule has 4 heteroatoms. The molecule has 8 aromatic rings. The van der Waals surface area contributed by atoms with Crippen LogP contribution in [-0.4, -0.2) is 12.6 Å². The Kier molecular flexibility index (Phi) is 7.27. The van der Waals surface area contributed by atoms with Crippen molar-refractivity contribution in [3.8, 4) is 29.0 Å². The summed E-state index contributed by atoms with van der Waals surface area (Å²) < 4.78 is 2.23. The summed E-state index contributed by atoms with van der Waals surface area (Å²) in [5.41, 5.74) is 6.46. The van der Waals surface area contributed by atoms with Gasteiger partial charge in [-0.1, -0.05) is 127 Å². The van der Waals surface area contributed by atoms with Crippen LogP contribution in [0.1, 0.15) is 11.1 Å². The van der Waals surface area contributed by atoms with Gasteiger partial charge in [0.05, 0.1) is 34.3 Å². The minimum Gasteiger partial charge on any atom is -0.309 e. The van der Waals surface area contributed by atoms with E-state index in [1.165, 1.54) is 20.7 Å². The van der Waals surface area contributed by atoms with Crippen molar-refractivity contribution in [2.24, 2.45) is 0 Å². The molecule has 0 bridgehead atoms. The Bertz CT molecular complexity index is 2340. The first kappa shape index (κ1) is 29.0. The van der Waals surface area contributed by atoms with Crippen LogP contribution in [0.3, 0.4) is 0 Å². The monoisotopic (exact) mass is 627 g/mol. The van der Waals surface area contributed by atoms with Crippen molar-refractivity contribution in [3.63, 3.8) is 0 Å². The molecule has 0 N–H and O–H groups in total. The fourth-order valence-corrected chi connectivity index (χ4v) is 12.0. The fraction of sp³-hybridized carbons (Fsp3) is 0. The highest BCUT2D eigenvalue weighted by atomic mass is 28.3. The van der Waals surface area contributed by atoms with Gasteiger partial charge in [-0.3, -0.25) is 0 Å². The summed E-state index contributed by atoms with van der Waals surface area (Å²) in [6.07, 6.45) is 0. The first-order valence-corrected chi connectivity index (χ1v) is 18.0. The van der Waals surface area contributed by atoms with Crippen LogP contribution in [0.25, 0.3) is 38.6 Å². The van der Waals surface area contributed by atoms with Crippen LogP contribution in [-0.2, 0) is 0 Å². The van der Waals surface area contributed by atoms with Gasteiger partial charge < -0.3 is 4.57 Å². The van der Waals surface area contributed by atoms with Crippen LogP contribution in [0.4, 0.5) is 0 Å². The van der Waals surface area contributed by atoms with Gasteiger partial charge in [-0.15, -0.1) is 0 Å². The molecule has 0 fully saturated rings. The summed E-state index contributed by atoms with van der Waals surface area (Å²) in [6, 6.07) is 66.8. The highest BCUT2D eigenvalue weighted by Gasteiger charge is 2.41. The van der Waals surface area contributed by atoms with Gasteiger partial charge in [-0.05, 0) is 80.4 Å². The van der Waals surface area contributed by atoms with Gasteiger partial charge in [0.15, 0.2) is 8.07 Å². The summed E-state index contributed by atoms with van der Waals surface area (Å²) in [5.74, 6) is 0. The van der Waals surface area contributed by atoms with E-state index in [2.05, 4.69) is 156 Å². The number of hydrogen-bond donors (Lipinski definition) is 0. The summed E-state index contributed by atoms with van der Waals surface area (Å²) in [6.45, 7) is 0. The van der Waals surface area contributed by atoms with E-state index in [0.717, 1.165) is 38.6 Å². The Balaban J connectivity index is 1.28. The third kappa shape index (κ3) is 4.72. The molecule has 3 nitrogen and oxygen atoms in total. The number of fused-ring (bicyclic) bond motifs is 3. The first-order valence-electron chi connectivity index (χ1n) is 16.0. The number of hydrogen-bond acceptors (Lipinski definition) is 2. The number of nitriles is 2. The molecule has 0 unspecified atom stereocenters. The lowest BCUT2D eigenvalue weighted by atomic mass is 10.1. The van der Waals surface area contributed by atoms with E-state index in [-0.39, 0.29) is 0 Å². The SMILES string of the molecule is N#Cc1ccc2c(c1)c1cc(C#N)ccc1n2-c1cccc(-c2ccc([Si](c3ccccc3)(c3ccccc3)c3ccccc3)cc2)c1. The molecule has 0 radical (unpaired) electrons. The van der Waals surface area contributed by atoms with Gasteiger partial charge >= 0.3 is 0 Å². The molecule has 0 saturated carbocycles. The standard InChI is InChI=1S/C44H29N3Si/c45-30-32-19-25-43-41(27-32)42-28-33(31-46)20-26-44(42)47(43)36-12-10-11-35(29-36)34-21-23-40(24-22-34)48(37-13-4-1-5-14-37,38-15-6-2-7-16-38)39-17-8-3-9-18-39/h1-29H. The lowest BCUT2D eigenvalue weighted by molar-refractivity contribution is 1.18. The second-order valence-corrected chi connectivity index (χ2v) is 15.8. The van der Waals surface area contributed by atoms with Crippen molar-refractivity contribution in [1.82, 2.24) is 4.57 Å². The first-order chi connectivity index (χ1) is 23.7. The maximum atomic E-state index is 9.61. The van der Waals surface area contributed by atoms with E-state index in [0.29, 0.717) is 11.1 Å². The minimum atomic E-state index is -2.61. The van der Waals surface area contributed by atoms with E-state index in [9.17, 15) is 10.5 Å². The fourth-order valence-electron chi connectivity index (χ4n) is 7.24. The molecule has 48 heavy (non-hydrogen) atoms. The molecule has 8 rings (SSSR count). The molecule has 0 aliphatic heterocycles. The highest BCUT2D eigenvalue weighted by Crippen LogP contribution is 2.34.